The van der Waals surface area contributed by atoms with E-state index in [9.17, 15) is 0 Å². The molecule has 3 aromatic rings. The highest BCUT2D eigenvalue weighted by Crippen LogP contribution is 2.34. The van der Waals surface area contributed by atoms with Gasteiger partial charge in [-0.05, 0) is 41.5 Å². The van der Waals surface area contributed by atoms with Crippen LogP contribution in [-0.2, 0) is 19.7 Å². The molecule has 4 nitrogen and oxygen atoms in total. The molecular formula is C23H23BrClNO3. The molecule has 0 amide bonds. The molecule has 0 aliphatic carbocycles. The first kappa shape index (κ1) is 21.5. The molecule has 152 valence electrons. The summed E-state index contributed by atoms with van der Waals surface area (Å²) in [5.74, 6) is 2.23. The van der Waals surface area contributed by atoms with Crippen LogP contribution in [0.15, 0.2) is 65.1 Å². The Kier molecular flexibility index (Phi) is 7.81. The Hall–Kier alpha value is -2.21. The van der Waals surface area contributed by atoms with Crippen molar-refractivity contribution in [2.75, 3.05) is 14.2 Å². The highest BCUT2D eigenvalue weighted by Gasteiger charge is 2.11. The van der Waals surface area contributed by atoms with E-state index in [1.165, 1.54) is 0 Å². The molecule has 0 radical (unpaired) electrons. The second-order valence-electron chi connectivity index (χ2n) is 6.43. The van der Waals surface area contributed by atoms with Gasteiger partial charge in [-0.15, -0.1) is 0 Å². The third-order valence-electron chi connectivity index (χ3n) is 4.44. The van der Waals surface area contributed by atoms with Crippen LogP contribution >= 0.6 is 27.5 Å². The average Bonchev–Trinajstić information content (AvgIpc) is 2.74. The third-order valence-corrected chi connectivity index (χ3v) is 5.41. The molecular weight excluding hydrogens is 454 g/mol. The summed E-state index contributed by atoms with van der Waals surface area (Å²) in [6.07, 6.45) is 0. The van der Waals surface area contributed by atoms with Gasteiger partial charge in [0.2, 0.25) is 0 Å². The molecule has 0 saturated carbocycles. The van der Waals surface area contributed by atoms with Gasteiger partial charge in [-0.1, -0.05) is 57.9 Å². The summed E-state index contributed by atoms with van der Waals surface area (Å²) in [6, 6.07) is 19.5. The molecule has 3 aromatic carbocycles. The van der Waals surface area contributed by atoms with E-state index >= 15 is 0 Å². The van der Waals surface area contributed by atoms with Gasteiger partial charge < -0.3 is 19.5 Å². The first-order valence-electron chi connectivity index (χ1n) is 9.17. The molecule has 29 heavy (non-hydrogen) atoms. The van der Waals surface area contributed by atoms with Gasteiger partial charge in [-0.25, -0.2) is 0 Å². The van der Waals surface area contributed by atoms with E-state index in [1.54, 1.807) is 14.2 Å². The van der Waals surface area contributed by atoms with E-state index in [2.05, 4.69) is 21.2 Å². The lowest BCUT2D eigenvalue weighted by Crippen LogP contribution is -2.14. The fraction of sp³-hybridized carbons (Fsp3) is 0.217. The third kappa shape index (κ3) is 5.89. The van der Waals surface area contributed by atoms with Crippen molar-refractivity contribution in [2.24, 2.45) is 0 Å². The SMILES string of the molecule is COc1ccccc1CNCc1cc(OC)c(OCc2cccc(Cl)c2)cc1Br. The molecule has 1 N–H and O–H groups in total. The van der Waals surface area contributed by atoms with Crippen LogP contribution in [0.4, 0.5) is 0 Å². The van der Waals surface area contributed by atoms with E-state index in [1.807, 2.05) is 60.7 Å². The molecule has 0 atom stereocenters. The molecule has 0 aliphatic rings. The molecule has 0 fully saturated rings. The van der Waals surface area contributed by atoms with Crippen molar-refractivity contribution in [2.45, 2.75) is 19.7 Å². The zero-order valence-corrected chi connectivity index (χ0v) is 18.7. The maximum absolute atomic E-state index is 6.04. The van der Waals surface area contributed by atoms with Crippen molar-refractivity contribution < 1.29 is 14.2 Å². The quantitative estimate of drug-likeness (QED) is 0.412. The van der Waals surface area contributed by atoms with E-state index < -0.39 is 0 Å². The van der Waals surface area contributed by atoms with Crippen LogP contribution in [0.1, 0.15) is 16.7 Å². The molecule has 0 aliphatic heterocycles. The minimum absolute atomic E-state index is 0.411. The number of para-hydroxylation sites is 1. The second-order valence-corrected chi connectivity index (χ2v) is 7.72. The standard InChI is InChI=1S/C23H23BrClNO3/c1-27-21-9-4-3-7-17(21)13-26-14-18-11-22(28-2)23(12-20(18)24)29-15-16-6-5-8-19(25)10-16/h3-12,26H,13-15H2,1-2H3. The number of nitrogens with one attached hydrogen (secondary N) is 1. The lowest BCUT2D eigenvalue weighted by Gasteiger charge is -2.15. The van der Waals surface area contributed by atoms with Gasteiger partial charge in [-0.3, -0.25) is 0 Å². The Morgan fingerprint density at radius 3 is 2.34 bits per heavy atom. The highest BCUT2D eigenvalue weighted by atomic mass is 79.9. The average molecular weight is 477 g/mol. The lowest BCUT2D eigenvalue weighted by molar-refractivity contribution is 0.284. The highest BCUT2D eigenvalue weighted by molar-refractivity contribution is 9.10. The van der Waals surface area contributed by atoms with Crippen molar-refractivity contribution in [3.8, 4) is 17.2 Å². The number of hydrogen-bond donors (Lipinski definition) is 1. The van der Waals surface area contributed by atoms with Crippen molar-refractivity contribution in [3.05, 3.63) is 86.8 Å². The molecule has 0 bridgehead atoms. The summed E-state index contributed by atoms with van der Waals surface area (Å²) in [5.41, 5.74) is 3.18. The summed E-state index contributed by atoms with van der Waals surface area (Å²) in [4.78, 5) is 0. The molecule has 6 heteroatoms. The van der Waals surface area contributed by atoms with Gasteiger partial charge in [0.05, 0.1) is 14.2 Å². The Balaban J connectivity index is 1.66. The molecule has 0 saturated heterocycles. The molecule has 0 spiro atoms. The number of rotatable bonds is 9. The Morgan fingerprint density at radius 1 is 0.828 bits per heavy atom. The fourth-order valence-corrected chi connectivity index (χ4v) is 3.63. The Labute approximate surface area is 184 Å². The van der Waals surface area contributed by atoms with Crippen LogP contribution in [0.25, 0.3) is 0 Å². The van der Waals surface area contributed by atoms with Crippen molar-refractivity contribution >= 4 is 27.5 Å². The Morgan fingerprint density at radius 2 is 1.59 bits per heavy atom. The number of halogens is 2. The predicted octanol–water partition coefficient (Wildman–Crippen LogP) is 5.99. The molecule has 0 unspecified atom stereocenters. The molecule has 3 rings (SSSR count). The smallest absolute Gasteiger partial charge is 0.162 e. The van der Waals surface area contributed by atoms with E-state index in [0.29, 0.717) is 36.2 Å². The van der Waals surface area contributed by atoms with Gasteiger partial charge in [0.1, 0.15) is 12.4 Å². The monoisotopic (exact) mass is 475 g/mol. The summed E-state index contributed by atoms with van der Waals surface area (Å²) in [5, 5.41) is 4.14. The van der Waals surface area contributed by atoms with Gasteiger partial charge in [0, 0.05) is 28.1 Å². The van der Waals surface area contributed by atoms with Crippen molar-refractivity contribution in [1.29, 1.82) is 0 Å². The van der Waals surface area contributed by atoms with Crippen LogP contribution in [0, 0.1) is 0 Å². The van der Waals surface area contributed by atoms with Crippen molar-refractivity contribution in [3.63, 3.8) is 0 Å². The second kappa shape index (κ2) is 10.5. The minimum atomic E-state index is 0.411. The van der Waals surface area contributed by atoms with Gasteiger partial charge in [0.25, 0.3) is 0 Å². The van der Waals surface area contributed by atoms with Gasteiger partial charge in [-0.2, -0.15) is 0 Å². The topological polar surface area (TPSA) is 39.7 Å². The number of ether oxygens (including phenoxy) is 3. The minimum Gasteiger partial charge on any atom is -0.496 e. The summed E-state index contributed by atoms with van der Waals surface area (Å²) >= 11 is 9.68. The molecule has 0 heterocycles. The van der Waals surface area contributed by atoms with Crippen LogP contribution in [0.3, 0.4) is 0 Å². The Bertz CT molecular complexity index is 965. The lowest BCUT2D eigenvalue weighted by atomic mass is 10.1. The first-order chi connectivity index (χ1) is 14.1. The fourth-order valence-electron chi connectivity index (χ4n) is 2.95. The van der Waals surface area contributed by atoms with Gasteiger partial charge >= 0.3 is 0 Å². The largest absolute Gasteiger partial charge is 0.496 e. The first-order valence-corrected chi connectivity index (χ1v) is 10.3. The van der Waals surface area contributed by atoms with Crippen LogP contribution in [0.5, 0.6) is 17.2 Å². The van der Waals surface area contributed by atoms with Crippen LogP contribution in [-0.4, -0.2) is 14.2 Å². The summed E-state index contributed by atoms with van der Waals surface area (Å²) < 4.78 is 17.8. The number of hydrogen-bond acceptors (Lipinski definition) is 4. The van der Waals surface area contributed by atoms with Crippen LogP contribution in [0.2, 0.25) is 5.02 Å². The van der Waals surface area contributed by atoms with Crippen LogP contribution < -0.4 is 19.5 Å². The van der Waals surface area contributed by atoms with E-state index in [-0.39, 0.29) is 0 Å². The summed E-state index contributed by atoms with van der Waals surface area (Å²) in [6.45, 7) is 1.78. The predicted molar refractivity (Wildman–Crippen MR) is 120 cm³/mol. The van der Waals surface area contributed by atoms with Gasteiger partial charge in [0.15, 0.2) is 11.5 Å². The number of benzene rings is 3. The van der Waals surface area contributed by atoms with E-state index in [0.717, 1.165) is 26.9 Å². The number of methoxy groups -OCH3 is 2. The molecule has 0 aromatic heterocycles. The maximum Gasteiger partial charge on any atom is 0.162 e. The van der Waals surface area contributed by atoms with Crippen molar-refractivity contribution in [1.82, 2.24) is 5.32 Å². The zero-order chi connectivity index (χ0) is 20.6. The zero-order valence-electron chi connectivity index (χ0n) is 16.4. The normalized spacial score (nSPS) is 10.6. The maximum atomic E-state index is 6.04. The van der Waals surface area contributed by atoms with E-state index in [4.69, 9.17) is 25.8 Å². The summed E-state index contributed by atoms with van der Waals surface area (Å²) in [7, 11) is 3.32.